The molecule has 0 saturated carbocycles. The number of carbonyl (C=O) groups excluding carboxylic acids is 2. The van der Waals surface area contributed by atoms with Crippen molar-refractivity contribution in [1.29, 1.82) is 0 Å². The van der Waals surface area contributed by atoms with Gasteiger partial charge in [0.15, 0.2) is 5.82 Å². The van der Waals surface area contributed by atoms with E-state index in [0.29, 0.717) is 11.6 Å². The van der Waals surface area contributed by atoms with E-state index < -0.39 is 0 Å². The summed E-state index contributed by atoms with van der Waals surface area (Å²) in [5, 5.41) is 8.79. The van der Waals surface area contributed by atoms with Crippen LogP contribution in [0.2, 0.25) is 0 Å². The number of carbonyl (C=O) groups is 2. The largest absolute Gasteiger partial charge is 0.360 e. The van der Waals surface area contributed by atoms with Crippen molar-refractivity contribution in [3.8, 4) is 0 Å². The van der Waals surface area contributed by atoms with Crippen molar-refractivity contribution in [3.63, 3.8) is 0 Å². The van der Waals surface area contributed by atoms with E-state index in [0.717, 1.165) is 10.6 Å². The van der Waals surface area contributed by atoms with Gasteiger partial charge in [-0.3, -0.25) is 9.59 Å². The SMILES string of the molecule is CSc1ccc(NC(=O)CS[C@@H](C)C(=O)Nc2cc(C)on2)cc1. The molecule has 1 aromatic heterocycles. The molecule has 24 heavy (non-hydrogen) atoms. The smallest absolute Gasteiger partial charge is 0.238 e. The fourth-order valence-electron chi connectivity index (χ4n) is 1.80. The first-order chi connectivity index (χ1) is 11.5. The summed E-state index contributed by atoms with van der Waals surface area (Å²) in [6.45, 7) is 3.49. The summed E-state index contributed by atoms with van der Waals surface area (Å²) in [5.41, 5.74) is 0.744. The van der Waals surface area contributed by atoms with Crippen LogP contribution in [0.1, 0.15) is 12.7 Å². The zero-order valence-corrected chi connectivity index (χ0v) is 15.3. The summed E-state index contributed by atoms with van der Waals surface area (Å²) in [5.74, 6) is 0.830. The molecule has 2 amide bonds. The molecule has 0 fully saturated rings. The summed E-state index contributed by atoms with van der Waals surface area (Å²) in [6.07, 6.45) is 2.00. The Balaban J connectivity index is 1.76. The molecule has 0 aliphatic carbocycles. The second kappa shape index (κ2) is 8.79. The van der Waals surface area contributed by atoms with Crippen molar-refractivity contribution >= 4 is 46.8 Å². The molecule has 2 aromatic rings. The molecular weight excluding hydrogens is 346 g/mol. The number of rotatable bonds is 7. The van der Waals surface area contributed by atoms with Gasteiger partial charge >= 0.3 is 0 Å². The number of hydrogen-bond acceptors (Lipinski definition) is 6. The Morgan fingerprint density at radius 1 is 1.25 bits per heavy atom. The molecule has 6 nitrogen and oxygen atoms in total. The van der Waals surface area contributed by atoms with Crippen LogP contribution in [-0.2, 0) is 9.59 Å². The first-order valence-electron chi connectivity index (χ1n) is 7.27. The van der Waals surface area contributed by atoms with Gasteiger partial charge in [-0.2, -0.15) is 0 Å². The Hall–Kier alpha value is -1.93. The van der Waals surface area contributed by atoms with E-state index >= 15 is 0 Å². The van der Waals surface area contributed by atoms with Crippen molar-refractivity contribution in [2.45, 2.75) is 24.0 Å². The van der Waals surface area contributed by atoms with Gasteiger partial charge in [-0.15, -0.1) is 23.5 Å². The lowest BCUT2D eigenvalue weighted by atomic mass is 10.3. The third-order valence-corrected chi connectivity index (χ3v) is 4.97. The second-order valence-electron chi connectivity index (χ2n) is 5.04. The number of hydrogen-bond donors (Lipinski definition) is 2. The summed E-state index contributed by atoms with van der Waals surface area (Å²) in [6, 6.07) is 9.25. The summed E-state index contributed by atoms with van der Waals surface area (Å²) in [7, 11) is 0. The number of benzene rings is 1. The van der Waals surface area contributed by atoms with Crippen molar-refractivity contribution in [3.05, 3.63) is 36.1 Å². The van der Waals surface area contributed by atoms with Crippen LogP contribution in [0.25, 0.3) is 0 Å². The Morgan fingerprint density at radius 2 is 1.96 bits per heavy atom. The van der Waals surface area contributed by atoms with Crippen LogP contribution in [0.4, 0.5) is 11.5 Å². The molecule has 0 bridgehead atoms. The molecule has 8 heteroatoms. The number of aryl methyl sites for hydroxylation is 1. The predicted molar refractivity (Wildman–Crippen MR) is 98.6 cm³/mol. The highest BCUT2D eigenvalue weighted by Gasteiger charge is 2.16. The second-order valence-corrected chi connectivity index (χ2v) is 7.25. The van der Waals surface area contributed by atoms with E-state index in [1.165, 1.54) is 11.8 Å². The number of nitrogens with one attached hydrogen (secondary N) is 2. The first-order valence-corrected chi connectivity index (χ1v) is 9.55. The lowest BCUT2D eigenvalue weighted by Crippen LogP contribution is -2.25. The van der Waals surface area contributed by atoms with Gasteiger partial charge in [-0.1, -0.05) is 5.16 Å². The third-order valence-electron chi connectivity index (χ3n) is 3.09. The fourth-order valence-corrected chi connectivity index (χ4v) is 2.89. The maximum Gasteiger partial charge on any atom is 0.238 e. The highest BCUT2D eigenvalue weighted by molar-refractivity contribution is 8.01. The summed E-state index contributed by atoms with van der Waals surface area (Å²) in [4.78, 5) is 25.1. The monoisotopic (exact) mass is 365 g/mol. The number of nitrogens with zero attached hydrogens (tertiary/aromatic N) is 1. The van der Waals surface area contributed by atoms with Crippen LogP contribution < -0.4 is 10.6 Å². The van der Waals surface area contributed by atoms with Gasteiger partial charge in [0.25, 0.3) is 0 Å². The van der Waals surface area contributed by atoms with Gasteiger partial charge in [0.05, 0.1) is 11.0 Å². The van der Waals surface area contributed by atoms with E-state index in [9.17, 15) is 9.59 Å². The molecule has 0 saturated heterocycles. The van der Waals surface area contributed by atoms with Gasteiger partial charge in [0, 0.05) is 16.6 Å². The third kappa shape index (κ3) is 5.61. The van der Waals surface area contributed by atoms with E-state index in [4.69, 9.17) is 4.52 Å². The topological polar surface area (TPSA) is 84.2 Å². The highest BCUT2D eigenvalue weighted by atomic mass is 32.2. The van der Waals surface area contributed by atoms with Crippen LogP contribution in [0.5, 0.6) is 0 Å². The van der Waals surface area contributed by atoms with E-state index in [1.807, 2.05) is 30.5 Å². The first kappa shape index (κ1) is 18.4. The normalized spacial score (nSPS) is 11.8. The Bertz CT molecular complexity index is 701. The molecule has 0 aliphatic heterocycles. The van der Waals surface area contributed by atoms with Crippen molar-refractivity contribution in [2.24, 2.45) is 0 Å². The highest BCUT2D eigenvalue weighted by Crippen LogP contribution is 2.18. The molecule has 2 rings (SSSR count). The van der Waals surface area contributed by atoms with Gasteiger partial charge < -0.3 is 15.2 Å². The molecule has 1 aromatic carbocycles. The molecular formula is C16H19N3O3S2. The average Bonchev–Trinajstić information content (AvgIpc) is 2.98. The van der Waals surface area contributed by atoms with Crippen LogP contribution >= 0.6 is 23.5 Å². The molecule has 0 radical (unpaired) electrons. The number of aromatic nitrogens is 1. The molecule has 2 N–H and O–H groups in total. The van der Waals surface area contributed by atoms with E-state index in [1.54, 1.807) is 31.7 Å². The zero-order chi connectivity index (χ0) is 17.5. The Kier molecular flexibility index (Phi) is 6.74. The van der Waals surface area contributed by atoms with Crippen LogP contribution in [-0.4, -0.2) is 34.2 Å². The predicted octanol–water partition coefficient (Wildman–Crippen LogP) is 3.40. The number of thioether (sulfide) groups is 2. The van der Waals surface area contributed by atoms with Gasteiger partial charge in [-0.25, -0.2) is 0 Å². The van der Waals surface area contributed by atoms with Crippen LogP contribution in [0.15, 0.2) is 39.8 Å². The maximum absolute atomic E-state index is 12.0. The Labute approximate surface area is 149 Å². The van der Waals surface area contributed by atoms with Gasteiger partial charge in [0.2, 0.25) is 11.8 Å². The number of amides is 2. The summed E-state index contributed by atoms with van der Waals surface area (Å²) < 4.78 is 4.89. The van der Waals surface area contributed by atoms with Crippen molar-refractivity contribution in [1.82, 2.24) is 5.16 Å². The fraction of sp³-hybridized carbons (Fsp3) is 0.312. The molecule has 0 aliphatic rings. The quantitative estimate of drug-likeness (QED) is 0.732. The van der Waals surface area contributed by atoms with Crippen LogP contribution in [0.3, 0.4) is 0 Å². The van der Waals surface area contributed by atoms with E-state index in [2.05, 4.69) is 15.8 Å². The minimum absolute atomic E-state index is 0.145. The molecule has 1 heterocycles. The summed E-state index contributed by atoms with van der Waals surface area (Å²) >= 11 is 2.90. The van der Waals surface area contributed by atoms with Crippen molar-refractivity contribution in [2.75, 3.05) is 22.6 Å². The maximum atomic E-state index is 12.0. The van der Waals surface area contributed by atoms with Crippen LogP contribution in [0, 0.1) is 6.92 Å². The molecule has 0 spiro atoms. The Morgan fingerprint density at radius 3 is 2.54 bits per heavy atom. The van der Waals surface area contributed by atoms with Gasteiger partial charge in [0.1, 0.15) is 5.76 Å². The minimum atomic E-state index is -0.383. The lowest BCUT2D eigenvalue weighted by molar-refractivity contribution is -0.115. The standard InChI is InChI=1S/C16H19N3O3S2/c1-10-8-14(19-22-10)18-16(21)11(2)24-9-15(20)17-12-4-6-13(23-3)7-5-12/h4-8,11H,9H2,1-3H3,(H,17,20)(H,18,19,21)/t11-/m0/s1. The lowest BCUT2D eigenvalue weighted by Gasteiger charge is -2.10. The molecule has 128 valence electrons. The minimum Gasteiger partial charge on any atom is -0.360 e. The molecule has 0 unspecified atom stereocenters. The van der Waals surface area contributed by atoms with E-state index in [-0.39, 0.29) is 22.8 Å². The molecule has 1 atom stereocenters. The number of anilines is 2. The van der Waals surface area contributed by atoms with Gasteiger partial charge in [-0.05, 0) is 44.4 Å². The average molecular weight is 365 g/mol. The zero-order valence-electron chi connectivity index (χ0n) is 13.7. The van der Waals surface area contributed by atoms with Crippen molar-refractivity contribution < 1.29 is 14.1 Å².